The zero-order valence-electron chi connectivity index (χ0n) is 16.3. The van der Waals surface area contributed by atoms with Crippen LogP contribution in [0.4, 0.5) is 0 Å². The normalized spacial score (nSPS) is 18.1. The molecule has 0 saturated carbocycles. The standard InChI is InChI=1S/C20H28N2O5.ClH/c1-3-27-20(26)16(12-11-15-8-5-4-6-9-15)21-14(2)18(23)22-13-7-10-17(22)19(24)25;/h4-6,8-9,14,16-17,21H,3,7,10-13H2,1-2H3,(H,24,25);1H/t14-,16?,17-;/m0./s1. The Morgan fingerprint density at radius 3 is 2.57 bits per heavy atom. The molecule has 7 nitrogen and oxygen atoms in total. The van der Waals surface area contributed by atoms with Gasteiger partial charge in [0, 0.05) is 6.54 Å². The second-order valence-electron chi connectivity index (χ2n) is 6.75. The van der Waals surface area contributed by atoms with Gasteiger partial charge in [0.1, 0.15) is 12.1 Å². The maximum atomic E-state index is 12.7. The maximum Gasteiger partial charge on any atom is 0.326 e. The number of ether oxygens (including phenoxy) is 1. The lowest BCUT2D eigenvalue weighted by molar-refractivity contribution is -0.150. The number of carboxylic acid groups (broad SMARTS) is 1. The summed E-state index contributed by atoms with van der Waals surface area (Å²) in [5, 5.41) is 12.3. The Morgan fingerprint density at radius 2 is 1.96 bits per heavy atom. The molecule has 1 aliphatic rings. The molecule has 156 valence electrons. The second-order valence-corrected chi connectivity index (χ2v) is 6.75. The number of nitrogens with one attached hydrogen (secondary N) is 1. The van der Waals surface area contributed by atoms with Gasteiger partial charge in [-0.15, -0.1) is 12.4 Å². The molecule has 28 heavy (non-hydrogen) atoms. The molecular formula is C20H29ClN2O5. The maximum absolute atomic E-state index is 12.7. The van der Waals surface area contributed by atoms with Crippen LogP contribution >= 0.6 is 12.4 Å². The third kappa shape index (κ3) is 6.49. The Labute approximate surface area is 171 Å². The fourth-order valence-corrected chi connectivity index (χ4v) is 3.38. The average Bonchev–Trinajstić information content (AvgIpc) is 3.15. The van der Waals surface area contributed by atoms with E-state index in [0.29, 0.717) is 32.2 Å². The number of aliphatic carboxylic acids is 1. The minimum Gasteiger partial charge on any atom is -0.480 e. The monoisotopic (exact) mass is 412 g/mol. The number of hydrogen-bond donors (Lipinski definition) is 2. The highest BCUT2D eigenvalue weighted by Gasteiger charge is 2.36. The van der Waals surface area contributed by atoms with Crippen molar-refractivity contribution in [2.45, 2.75) is 57.7 Å². The molecule has 1 aliphatic heterocycles. The quantitative estimate of drug-likeness (QED) is 0.602. The van der Waals surface area contributed by atoms with Crippen molar-refractivity contribution in [1.82, 2.24) is 10.2 Å². The van der Waals surface area contributed by atoms with Gasteiger partial charge >= 0.3 is 11.9 Å². The summed E-state index contributed by atoms with van der Waals surface area (Å²) in [6, 6.07) is 7.69. The van der Waals surface area contributed by atoms with Crippen LogP contribution in [0.3, 0.4) is 0 Å². The minimum atomic E-state index is -0.987. The summed E-state index contributed by atoms with van der Waals surface area (Å²) < 4.78 is 5.14. The van der Waals surface area contributed by atoms with Gasteiger partial charge in [-0.05, 0) is 45.1 Å². The van der Waals surface area contributed by atoms with E-state index in [-0.39, 0.29) is 24.9 Å². The molecule has 1 aromatic rings. The van der Waals surface area contributed by atoms with Gasteiger partial charge in [0.05, 0.1) is 12.6 Å². The number of benzene rings is 1. The van der Waals surface area contributed by atoms with E-state index < -0.39 is 30.1 Å². The lowest BCUT2D eigenvalue weighted by Crippen LogP contribution is -2.53. The summed E-state index contributed by atoms with van der Waals surface area (Å²) >= 11 is 0. The first-order valence-electron chi connectivity index (χ1n) is 9.44. The molecule has 1 saturated heterocycles. The van der Waals surface area contributed by atoms with Crippen LogP contribution < -0.4 is 5.32 Å². The highest BCUT2D eigenvalue weighted by molar-refractivity contribution is 5.88. The summed E-state index contributed by atoms with van der Waals surface area (Å²) in [4.78, 5) is 37.7. The fourth-order valence-electron chi connectivity index (χ4n) is 3.38. The van der Waals surface area contributed by atoms with Crippen LogP contribution in [-0.4, -0.2) is 59.1 Å². The number of halogens is 1. The van der Waals surface area contributed by atoms with Crippen LogP contribution in [0.25, 0.3) is 0 Å². The Kier molecular flexibility index (Phi) is 9.96. The van der Waals surface area contributed by atoms with Gasteiger partial charge in [-0.2, -0.15) is 0 Å². The van der Waals surface area contributed by atoms with E-state index in [2.05, 4.69) is 5.32 Å². The summed E-state index contributed by atoms with van der Waals surface area (Å²) in [6.07, 6.45) is 2.29. The van der Waals surface area contributed by atoms with Gasteiger partial charge in [0.2, 0.25) is 5.91 Å². The number of aryl methyl sites for hydroxylation is 1. The molecule has 1 fully saturated rings. The van der Waals surface area contributed by atoms with E-state index in [1.54, 1.807) is 13.8 Å². The van der Waals surface area contributed by atoms with Crippen molar-refractivity contribution in [2.24, 2.45) is 0 Å². The molecule has 0 radical (unpaired) electrons. The lowest BCUT2D eigenvalue weighted by atomic mass is 10.0. The van der Waals surface area contributed by atoms with Crippen molar-refractivity contribution < 1.29 is 24.2 Å². The molecule has 0 aromatic heterocycles. The van der Waals surface area contributed by atoms with Gasteiger partial charge in [-0.1, -0.05) is 30.3 Å². The van der Waals surface area contributed by atoms with Crippen LogP contribution in [-0.2, 0) is 25.5 Å². The summed E-state index contributed by atoms with van der Waals surface area (Å²) in [6.45, 7) is 4.09. The van der Waals surface area contributed by atoms with E-state index in [0.717, 1.165) is 5.56 Å². The zero-order valence-corrected chi connectivity index (χ0v) is 17.1. The van der Waals surface area contributed by atoms with Gasteiger partial charge in [0.15, 0.2) is 0 Å². The Balaban J connectivity index is 0.00000392. The summed E-state index contributed by atoms with van der Waals surface area (Å²) in [5.74, 6) is -1.68. The number of rotatable bonds is 9. The van der Waals surface area contributed by atoms with Gasteiger partial charge < -0.3 is 14.7 Å². The third-order valence-electron chi connectivity index (χ3n) is 4.78. The number of carbonyl (C=O) groups excluding carboxylic acids is 2. The smallest absolute Gasteiger partial charge is 0.326 e. The number of nitrogens with zero attached hydrogens (tertiary/aromatic N) is 1. The SMILES string of the molecule is CCOC(=O)C(CCc1ccccc1)N[C@@H](C)C(=O)N1CCC[C@H]1C(=O)O.Cl. The van der Waals surface area contributed by atoms with Gasteiger partial charge in [-0.3, -0.25) is 14.9 Å². The Hall–Kier alpha value is -2.12. The predicted molar refractivity (Wildman–Crippen MR) is 107 cm³/mol. The third-order valence-corrected chi connectivity index (χ3v) is 4.78. The molecule has 2 rings (SSSR count). The molecule has 1 amide bonds. The molecule has 8 heteroatoms. The highest BCUT2D eigenvalue weighted by atomic mass is 35.5. The number of esters is 1. The first kappa shape index (κ1) is 23.9. The summed E-state index contributed by atoms with van der Waals surface area (Å²) in [7, 11) is 0. The second kappa shape index (κ2) is 11.7. The summed E-state index contributed by atoms with van der Waals surface area (Å²) in [5.41, 5.74) is 1.10. The number of carbonyl (C=O) groups is 3. The highest BCUT2D eigenvalue weighted by Crippen LogP contribution is 2.19. The van der Waals surface area contributed by atoms with Gasteiger partial charge in [-0.25, -0.2) is 4.79 Å². The molecule has 0 bridgehead atoms. The zero-order chi connectivity index (χ0) is 19.8. The molecular weight excluding hydrogens is 384 g/mol. The minimum absolute atomic E-state index is 0. The molecule has 1 heterocycles. The molecule has 1 unspecified atom stereocenters. The van der Waals surface area contributed by atoms with Crippen molar-refractivity contribution in [3.63, 3.8) is 0 Å². The molecule has 1 aromatic carbocycles. The number of likely N-dealkylation sites (tertiary alicyclic amines) is 1. The number of hydrogen-bond acceptors (Lipinski definition) is 5. The van der Waals surface area contributed by atoms with Crippen LogP contribution in [0.15, 0.2) is 30.3 Å². The van der Waals surface area contributed by atoms with Gasteiger partial charge in [0.25, 0.3) is 0 Å². The van der Waals surface area contributed by atoms with E-state index in [1.807, 2.05) is 30.3 Å². The fraction of sp³-hybridized carbons (Fsp3) is 0.550. The lowest BCUT2D eigenvalue weighted by Gasteiger charge is -2.27. The average molecular weight is 413 g/mol. The van der Waals surface area contributed by atoms with E-state index >= 15 is 0 Å². The first-order valence-corrected chi connectivity index (χ1v) is 9.44. The molecule has 0 aliphatic carbocycles. The Morgan fingerprint density at radius 1 is 1.29 bits per heavy atom. The number of carboxylic acids is 1. The first-order chi connectivity index (χ1) is 12.9. The van der Waals surface area contributed by atoms with E-state index in [9.17, 15) is 19.5 Å². The Bertz CT molecular complexity index is 655. The molecule has 2 N–H and O–H groups in total. The van der Waals surface area contributed by atoms with Crippen LogP contribution in [0.1, 0.15) is 38.7 Å². The topological polar surface area (TPSA) is 95.9 Å². The largest absolute Gasteiger partial charge is 0.480 e. The van der Waals surface area contributed by atoms with Crippen molar-refractivity contribution in [3.05, 3.63) is 35.9 Å². The van der Waals surface area contributed by atoms with Crippen LogP contribution in [0.5, 0.6) is 0 Å². The molecule has 0 spiro atoms. The van der Waals surface area contributed by atoms with Crippen LogP contribution in [0.2, 0.25) is 0 Å². The van der Waals surface area contributed by atoms with Crippen molar-refractivity contribution in [3.8, 4) is 0 Å². The van der Waals surface area contributed by atoms with Crippen molar-refractivity contribution >= 4 is 30.3 Å². The molecule has 3 atom stereocenters. The van der Waals surface area contributed by atoms with Crippen LogP contribution in [0, 0.1) is 0 Å². The van der Waals surface area contributed by atoms with E-state index in [1.165, 1.54) is 4.90 Å². The number of amides is 1. The predicted octanol–water partition coefficient (Wildman–Crippen LogP) is 2.03. The van der Waals surface area contributed by atoms with Crippen molar-refractivity contribution in [2.75, 3.05) is 13.2 Å². The van der Waals surface area contributed by atoms with Crippen molar-refractivity contribution in [1.29, 1.82) is 0 Å². The van der Waals surface area contributed by atoms with E-state index in [4.69, 9.17) is 4.74 Å².